The lowest BCUT2D eigenvalue weighted by atomic mass is 10.1. The van der Waals surface area contributed by atoms with Crippen molar-refractivity contribution in [3.05, 3.63) is 50.9 Å². The molecule has 0 bridgehead atoms. The second-order valence-electron chi connectivity index (χ2n) is 6.27. The molecule has 1 heterocycles. The smallest absolute Gasteiger partial charge is 0.324 e. The van der Waals surface area contributed by atoms with Gasteiger partial charge in [-0.1, -0.05) is 31.3 Å². The summed E-state index contributed by atoms with van der Waals surface area (Å²) in [5, 5.41) is 16.1. The monoisotopic (exact) mass is 364 g/mol. The molecule has 0 radical (unpaired) electrons. The maximum atomic E-state index is 10.7. The van der Waals surface area contributed by atoms with Crippen molar-refractivity contribution in [3.63, 3.8) is 0 Å². The van der Waals surface area contributed by atoms with Crippen molar-refractivity contribution in [2.24, 2.45) is 5.92 Å². The Kier molecular flexibility index (Phi) is 6.78. The third-order valence-corrected chi connectivity index (χ3v) is 4.62. The zero-order valence-electron chi connectivity index (χ0n) is 14.9. The number of nitro groups is 1. The van der Waals surface area contributed by atoms with Crippen LogP contribution in [0.4, 0.5) is 5.00 Å². The summed E-state index contributed by atoms with van der Waals surface area (Å²) in [6.45, 7) is 7.45. The first-order chi connectivity index (χ1) is 11.9. The summed E-state index contributed by atoms with van der Waals surface area (Å²) in [5.74, 6) is 1.89. The topological polar surface area (TPSA) is 73.6 Å². The molecule has 1 aromatic carbocycles. The SMILES string of the molecule is COc1cc(C(C)NCc2csc([N+](=O)[O-])c2)ccc1OCC(C)C. The Labute approximate surface area is 151 Å². The molecule has 2 aromatic rings. The number of nitrogens with one attached hydrogen (secondary N) is 1. The lowest BCUT2D eigenvalue weighted by Crippen LogP contribution is -2.18. The Morgan fingerprint density at radius 1 is 1.24 bits per heavy atom. The average Bonchev–Trinajstić information content (AvgIpc) is 3.07. The first-order valence-electron chi connectivity index (χ1n) is 8.16. The van der Waals surface area contributed by atoms with E-state index in [-0.39, 0.29) is 16.0 Å². The van der Waals surface area contributed by atoms with Crippen LogP contribution in [0.5, 0.6) is 11.5 Å². The van der Waals surface area contributed by atoms with Crippen LogP contribution >= 0.6 is 11.3 Å². The molecule has 25 heavy (non-hydrogen) atoms. The Bertz CT molecular complexity index is 715. The van der Waals surface area contributed by atoms with Gasteiger partial charge in [0.05, 0.1) is 18.6 Å². The van der Waals surface area contributed by atoms with Crippen molar-refractivity contribution in [1.82, 2.24) is 5.32 Å². The van der Waals surface area contributed by atoms with Crippen molar-refractivity contribution >= 4 is 16.3 Å². The Balaban J connectivity index is 2.00. The lowest BCUT2D eigenvalue weighted by Gasteiger charge is -2.17. The van der Waals surface area contributed by atoms with E-state index in [0.717, 1.165) is 28.2 Å². The maximum absolute atomic E-state index is 10.7. The number of rotatable bonds is 9. The van der Waals surface area contributed by atoms with Gasteiger partial charge in [-0.15, -0.1) is 0 Å². The standard InChI is InChI=1S/C18H24N2O4S/c1-12(2)10-24-16-6-5-15(8-17(16)23-4)13(3)19-9-14-7-18(20(21)22)25-11-14/h5-8,11-13,19H,9-10H2,1-4H3. The molecule has 7 heteroatoms. The average molecular weight is 364 g/mol. The Hall–Kier alpha value is -2.12. The van der Waals surface area contributed by atoms with Gasteiger partial charge >= 0.3 is 5.00 Å². The molecule has 0 spiro atoms. The van der Waals surface area contributed by atoms with Crippen LogP contribution in [0.25, 0.3) is 0 Å². The number of nitrogens with zero attached hydrogens (tertiary/aromatic N) is 1. The summed E-state index contributed by atoms with van der Waals surface area (Å²) in [4.78, 5) is 10.4. The zero-order chi connectivity index (χ0) is 18.4. The van der Waals surface area contributed by atoms with Gasteiger partial charge in [0, 0.05) is 24.0 Å². The summed E-state index contributed by atoms with van der Waals surface area (Å²) >= 11 is 1.15. The number of benzene rings is 1. The van der Waals surface area contributed by atoms with Crippen LogP contribution in [0, 0.1) is 16.0 Å². The number of hydrogen-bond donors (Lipinski definition) is 1. The van der Waals surface area contributed by atoms with Crippen molar-refractivity contribution in [1.29, 1.82) is 0 Å². The van der Waals surface area contributed by atoms with Gasteiger partial charge in [-0.3, -0.25) is 10.1 Å². The quantitative estimate of drug-likeness (QED) is 0.522. The molecule has 136 valence electrons. The van der Waals surface area contributed by atoms with Gasteiger partial charge in [0.15, 0.2) is 11.5 Å². The molecule has 1 N–H and O–H groups in total. The Morgan fingerprint density at radius 3 is 2.60 bits per heavy atom. The maximum Gasteiger partial charge on any atom is 0.324 e. The van der Waals surface area contributed by atoms with E-state index < -0.39 is 0 Å². The van der Waals surface area contributed by atoms with Gasteiger partial charge in [0.1, 0.15) is 0 Å². The van der Waals surface area contributed by atoms with Crippen LogP contribution < -0.4 is 14.8 Å². The highest BCUT2D eigenvalue weighted by molar-refractivity contribution is 7.13. The van der Waals surface area contributed by atoms with E-state index in [1.165, 1.54) is 0 Å². The van der Waals surface area contributed by atoms with E-state index in [1.807, 2.05) is 25.1 Å². The van der Waals surface area contributed by atoms with E-state index >= 15 is 0 Å². The van der Waals surface area contributed by atoms with Crippen LogP contribution in [-0.2, 0) is 6.54 Å². The first kappa shape index (κ1) is 19.2. The second kappa shape index (κ2) is 8.82. The fourth-order valence-electron chi connectivity index (χ4n) is 2.27. The Morgan fingerprint density at radius 2 is 2.00 bits per heavy atom. The highest BCUT2D eigenvalue weighted by atomic mass is 32.1. The van der Waals surface area contributed by atoms with E-state index in [4.69, 9.17) is 9.47 Å². The van der Waals surface area contributed by atoms with Gasteiger partial charge < -0.3 is 14.8 Å². The third-order valence-electron chi connectivity index (χ3n) is 3.69. The predicted molar refractivity (Wildman–Crippen MR) is 99.6 cm³/mol. The highest BCUT2D eigenvalue weighted by Gasteiger charge is 2.13. The minimum absolute atomic E-state index is 0.0759. The normalized spacial score (nSPS) is 12.2. The molecule has 0 fully saturated rings. The molecule has 0 aliphatic heterocycles. The van der Waals surface area contributed by atoms with Gasteiger partial charge in [-0.25, -0.2) is 0 Å². The van der Waals surface area contributed by atoms with Crippen molar-refractivity contribution in [2.75, 3.05) is 13.7 Å². The minimum atomic E-state index is -0.363. The molecule has 1 atom stereocenters. The molecule has 2 rings (SSSR count). The minimum Gasteiger partial charge on any atom is -0.493 e. The molecule has 1 unspecified atom stereocenters. The third kappa shape index (κ3) is 5.44. The molecule has 0 saturated heterocycles. The summed E-state index contributed by atoms with van der Waals surface area (Å²) < 4.78 is 11.2. The lowest BCUT2D eigenvalue weighted by molar-refractivity contribution is -0.380. The fraction of sp³-hybridized carbons (Fsp3) is 0.444. The largest absolute Gasteiger partial charge is 0.493 e. The molecule has 0 saturated carbocycles. The van der Waals surface area contributed by atoms with E-state index in [2.05, 4.69) is 19.2 Å². The fourth-order valence-corrected chi connectivity index (χ4v) is 3.00. The first-order valence-corrected chi connectivity index (χ1v) is 9.04. The molecule has 0 aliphatic carbocycles. The summed E-state index contributed by atoms with van der Waals surface area (Å²) in [7, 11) is 1.63. The molecule has 6 nitrogen and oxygen atoms in total. The van der Waals surface area contributed by atoms with Crippen molar-refractivity contribution in [2.45, 2.75) is 33.4 Å². The summed E-state index contributed by atoms with van der Waals surface area (Å²) in [6.07, 6.45) is 0. The van der Waals surface area contributed by atoms with Gasteiger partial charge in [-0.2, -0.15) is 0 Å². The number of thiophene rings is 1. The molecule has 0 amide bonds. The molecular formula is C18H24N2O4S. The molecule has 1 aromatic heterocycles. The van der Waals surface area contributed by atoms with E-state index in [0.29, 0.717) is 24.8 Å². The number of methoxy groups -OCH3 is 1. The van der Waals surface area contributed by atoms with Crippen LogP contribution in [0.2, 0.25) is 0 Å². The zero-order valence-corrected chi connectivity index (χ0v) is 15.8. The highest BCUT2D eigenvalue weighted by Crippen LogP contribution is 2.31. The van der Waals surface area contributed by atoms with E-state index in [1.54, 1.807) is 18.6 Å². The van der Waals surface area contributed by atoms with Crippen LogP contribution in [0.15, 0.2) is 29.6 Å². The number of hydrogen-bond acceptors (Lipinski definition) is 6. The van der Waals surface area contributed by atoms with E-state index in [9.17, 15) is 10.1 Å². The van der Waals surface area contributed by atoms with Crippen molar-refractivity contribution in [3.8, 4) is 11.5 Å². The predicted octanol–water partition coefficient (Wildman–Crippen LogP) is 4.55. The van der Waals surface area contributed by atoms with Crippen molar-refractivity contribution < 1.29 is 14.4 Å². The van der Waals surface area contributed by atoms with Crippen LogP contribution in [0.1, 0.15) is 37.9 Å². The summed E-state index contributed by atoms with van der Waals surface area (Å²) in [6, 6.07) is 7.57. The van der Waals surface area contributed by atoms with Gasteiger partial charge in [0.25, 0.3) is 0 Å². The molecular weight excluding hydrogens is 340 g/mol. The second-order valence-corrected chi connectivity index (χ2v) is 7.16. The van der Waals surface area contributed by atoms with Crippen LogP contribution in [0.3, 0.4) is 0 Å². The number of ether oxygens (including phenoxy) is 2. The summed E-state index contributed by atoms with van der Waals surface area (Å²) in [5.41, 5.74) is 1.98. The van der Waals surface area contributed by atoms with Crippen LogP contribution in [-0.4, -0.2) is 18.6 Å². The molecule has 0 aliphatic rings. The van der Waals surface area contributed by atoms with Gasteiger partial charge in [-0.05, 0) is 36.1 Å². The van der Waals surface area contributed by atoms with Gasteiger partial charge in [0.2, 0.25) is 0 Å².